The van der Waals surface area contributed by atoms with Crippen LogP contribution in [0.4, 0.5) is 0 Å². The summed E-state index contributed by atoms with van der Waals surface area (Å²) in [4.78, 5) is 31.7. The van der Waals surface area contributed by atoms with Crippen LogP contribution in [0.25, 0.3) is 0 Å². The van der Waals surface area contributed by atoms with Crippen LogP contribution in [-0.4, -0.2) is 45.4 Å². The van der Waals surface area contributed by atoms with Crippen molar-refractivity contribution >= 4 is 5.91 Å². The first kappa shape index (κ1) is 20.1. The zero-order valence-electron chi connectivity index (χ0n) is 17.6. The quantitative estimate of drug-likeness (QED) is 0.636. The third kappa shape index (κ3) is 3.47. The summed E-state index contributed by atoms with van der Waals surface area (Å²) in [7, 11) is 0. The Bertz CT molecular complexity index is 1190. The van der Waals surface area contributed by atoms with Gasteiger partial charge in [0, 0.05) is 30.6 Å². The lowest BCUT2D eigenvalue weighted by atomic mass is 10.0. The Morgan fingerprint density at radius 1 is 1.00 bits per heavy atom. The lowest BCUT2D eigenvalue weighted by Gasteiger charge is -2.44. The highest BCUT2D eigenvalue weighted by Crippen LogP contribution is 2.36. The van der Waals surface area contributed by atoms with Crippen LogP contribution >= 0.6 is 0 Å². The summed E-state index contributed by atoms with van der Waals surface area (Å²) in [6, 6.07) is 14.4. The molecule has 1 N–H and O–H groups in total. The van der Waals surface area contributed by atoms with E-state index in [1.54, 1.807) is 15.8 Å². The standard InChI is InChI=1S/C24H24N4O4/c29-19-11-14-27-22(23(19)30)24(31)26-13-6-1-7-15-32-20-10-3-2-8-17(20)21(28(27)16-26)18-9-4-5-12-25-18/h2-5,8-12,14,21,30H,1,6-7,13,15-16H2. The maximum absolute atomic E-state index is 13.2. The van der Waals surface area contributed by atoms with Crippen molar-refractivity contribution in [1.82, 2.24) is 14.6 Å². The highest BCUT2D eigenvalue weighted by Gasteiger charge is 2.37. The molecule has 0 aliphatic carbocycles. The summed E-state index contributed by atoms with van der Waals surface area (Å²) in [5, 5.41) is 12.5. The van der Waals surface area contributed by atoms with Gasteiger partial charge in [-0.2, -0.15) is 0 Å². The molecule has 2 bridgehead atoms. The lowest BCUT2D eigenvalue weighted by molar-refractivity contribution is 0.0673. The van der Waals surface area contributed by atoms with Gasteiger partial charge in [0.25, 0.3) is 5.91 Å². The van der Waals surface area contributed by atoms with Gasteiger partial charge in [0.05, 0.1) is 12.3 Å². The summed E-state index contributed by atoms with van der Waals surface area (Å²) < 4.78 is 7.74. The van der Waals surface area contributed by atoms with Gasteiger partial charge in [-0.3, -0.25) is 24.3 Å². The predicted molar refractivity (Wildman–Crippen MR) is 118 cm³/mol. The average Bonchev–Trinajstić information content (AvgIpc) is 2.81. The average molecular weight is 432 g/mol. The van der Waals surface area contributed by atoms with Gasteiger partial charge in [-0.25, -0.2) is 0 Å². The minimum Gasteiger partial charge on any atom is -0.502 e. The van der Waals surface area contributed by atoms with Crippen molar-refractivity contribution in [3.63, 3.8) is 0 Å². The Morgan fingerprint density at radius 2 is 1.84 bits per heavy atom. The number of nitrogens with zero attached hydrogens (tertiary/aromatic N) is 4. The van der Waals surface area contributed by atoms with E-state index in [0.29, 0.717) is 13.2 Å². The second-order valence-electron chi connectivity index (χ2n) is 7.98. The number of hydrogen-bond acceptors (Lipinski definition) is 6. The van der Waals surface area contributed by atoms with Crippen LogP contribution < -0.4 is 15.2 Å². The molecule has 1 aromatic carbocycles. The molecule has 8 nitrogen and oxygen atoms in total. The zero-order valence-corrected chi connectivity index (χ0v) is 17.6. The van der Waals surface area contributed by atoms with Gasteiger partial charge in [-0.15, -0.1) is 0 Å². The molecular formula is C24H24N4O4. The fourth-order valence-electron chi connectivity index (χ4n) is 4.38. The Balaban J connectivity index is 1.76. The van der Waals surface area contributed by atoms with Crippen molar-refractivity contribution in [2.45, 2.75) is 25.3 Å². The molecule has 8 heteroatoms. The lowest BCUT2D eigenvalue weighted by Crippen LogP contribution is -2.55. The zero-order chi connectivity index (χ0) is 22.1. The highest BCUT2D eigenvalue weighted by molar-refractivity contribution is 5.96. The van der Waals surface area contributed by atoms with E-state index in [1.165, 1.54) is 12.3 Å². The van der Waals surface area contributed by atoms with E-state index in [9.17, 15) is 14.7 Å². The SMILES string of the molecule is O=C1c2c(O)c(=O)ccn2N2CN1CCCCCOc1ccccc1C2c1ccccn1. The van der Waals surface area contributed by atoms with Crippen LogP contribution in [0.15, 0.2) is 65.7 Å². The van der Waals surface area contributed by atoms with Crippen molar-refractivity contribution in [1.29, 1.82) is 0 Å². The monoisotopic (exact) mass is 432 g/mol. The molecule has 2 aliphatic rings. The molecule has 32 heavy (non-hydrogen) atoms. The fraction of sp³-hybridized carbons (Fsp3) is 0.292. The van der Waals surface area contributed by atoms with Gasteiger partial charge < -0.3 is 14.7 Å². The van der Waals surface area contributed by atoms with Gasteiger partial charge >= 0.3 is 0 Å². The van der Waals surface area contributed by atoms with E-state index in [1.807, 2.05) is 47.5 Å². The largest absolute Gasteiger partial charge is 0.502 e. The number of aromatic nitrogens is 2. The summed E-state index contributed by atoms with van der Waals surface area (Å²) >= 11 is 0. The topological polar surface area (TPSA) is 87.9 Å². The van der Waals surface area contributed by atoms with Crippen LogP contribution in [0.5, 0.6) is 11.5 Å². The second-order valence-corrected chi connectivity index (χ2v) is 7.98. The van der Waals surface area contributed by atoms with E-state index in [-0.39, 0.29) is 18.3 Å². The number of rotatable bonds is 1. The van der Waals surface area contributed by atoms with Crippen molar-refractivity contribution in [3.05, 3.63) is 88.1 Å². The number of para-hydroxylation sites is 1. The van der Waals surface area contributed by atoms with Crippen molar-refractivity contribution in [2.75, 3.05) is 24.8 Å². The molecule has 0 saturated carbocycles. The summed E-state index contributed by atoms with van der Waals surface area (Å²) in [6.45, 7) is 1.39. The molecule has 2 aromatic heterocycles. The van der Waals surface area contributed by atoms with Crippen molar-refractivity contribution < 1.29 is 14.6 Å². The molecule has 0 saturated heterocycles. The van der Waals surface area contributed by atoms with Crippen LogP contribution in [0, 0.1) is 0 Å². The molecular weight excluding hydrogens is 408 g/mol. The number of amides is 1. The van der Waals surface area contributed by atoms with E-state index < -0.39 is 17.2 Å². The number of benzene rings is 1. The van der Waals surface area contributed by atoms with Gasteiger partial charge in [0.15, 0.2) is 11.4 Å². The molecule has 1 unspecified atom stereocenters. The maximum atomic E-state index is 13.2. The first-order chi connectivity index (χ1) is 15.6. The predicted octanol–water partition coefficient (Wildman–Crippen LogP) is 2.65. The first-order valence-corrected chi connectivity index (χ1v) is 10.8. The number of fused-ring (bicyclic) bond motifs is 5. The minimum atomic E-state index is -0.578. The summed E-state index contributed by atoms with van der Waals surface area (Å²) in [5.74, 6) is -0.139. The third-order valence-electron chi connectivity index (χ3n) is 5.95. The number of aromatic hydroxyl groups is 1. The summed E-state index contributed by atoms with van der Waals surface area (Å²) in [5.41, 5.74) is 1.05. The molecule has 4 heterocycles. The Kier molecular flexibility index (Phi) is 5.26. The highest BCUT2D eigenvalue weighted by atomic mass is 16.5. The van der Waals surface area contributed by atoms with E-state index in [4.69, 9.17) is 4.74 Å². The molecule has 1 atom stereocenters. The van der Waals surface area contributed by atoms with Gasteiger partial charge in [-0.05, 0) is 37.5 Å². The number of pyridine rings is 2. The smallest absolute Gasteiger partial charge is 0.277 e. The Hall–Kier alpha value is -3.81. The molecule has 5 rings (SSSR count). The number of ether oxygens (including phenoxy) is 1. The molecule has 0 fully saturated rings. The Morgan fingerprint density at radius 3 is 2.69 bits per heavy atom. The maximum Gasteiger partial charge on any atom is 0.277 e. The number of carbonyl (C=O) groups is 1. The van der Waals surface area contributed by atoms with Crippen LogP contribution in [-0.2, 0) is 0 Å². The van der Waals surface area contributed by atoms with Crippen LogP contribution in [0.3, 0.4) is 0 Å². The van der Waals surface area contributed by atoms with Crippen LogP contribution in [0.2, 0.25) is 0 Å². The van der Waals surface area contributed by atoms with E-state index >= 15 is 0 Å². The summed E-state index contributed by atoms with van der Waals surface area (Å²) in [6.07, 6.45) is 5.85. The molecule has 1 amide bonds. The molecule has 3 aromatic rings. The van der Waals surface area contributed by atoms with Crippen molar-refractivity contribution in [2.24, 2.45) is 0 Å². The van der Waals surface area contributed by atoms with Crippen LogP contribution in [0.1, 0.15) is 47.1 Å². The minimum absolute atomic E-state index is 0.0276. The van der Waals surface area contributed by atoms with Crippen molar-refractivity contribution in [3.8, 4) is 11.5 Å². The molecule has 0 spiro atoms. The molecule has 164 valence electrons. The molecule has 0 radical (unpaired) electrons. The van der Waals surface area contributed by atoms with E-state index in [2.05, 4.69) is 4.98 Å². The Labute approximate surface area is 185 Å². The van der Waals surface area contributed by atoms with E-state index in [0.717, 1.165) is 36.3 Å². The first-order valence-electron chi connectivity index (χ1n) is 10.8. The fourth-order valence-corrected chi connectivity index (χ4v) is 4.38. The normalized spacial score (nSPS) is 18.6. The third-order valence-corrected chi connectivity index (χ3v) is 5.95. The van der Waals surface area contributed by atoms with Gasteiger partial charge in [0.1, 0.15) is 18.5 Å². The number of hydrogen-bond donors (Lipinski definition) is 1. The molecule has 2 aliphatic heterocycles. The van der Waals surface area contributed by atoms with Gasteiger partial charge in [-0.1, -0.05) is 24.3 Å². The van der Waals surface area contributed by atoms with Gasteiger partial charge in [0.2, 0.25) is 5.43 Å². The second kappa shape index (κ2) is 8.37. The number of carbonyl (C=O) groups excluding carboxylic acids is 1.